The van der Waals surface area contributed by atoms with E-state index in [-0.39, 0.29) is 6.04 Å². The van der Waals surface area contributed by atoms with Crippen LogP contribution in [0.25, 0.3) is 0 Å². The molecule has 1 N–H and O–H groups in total. The van der Waals surface area contributed by atoms with Gasteiger partial charge < -0.3 is 5.32 Å². The van der Waals surface area contributed by atoms with Crippen molar-refractivity contribution in [2.75, 3.05) is 6.54 Å². The molecule has 2 aromatic rings. The molecule has 2 rings (SSSR count). The molecule has 0 saturated heterocycles. The number of thiophene rings is 1. The zero-order valence-corrected chi connectivity index (χ0v) is 16.9. The zero-order chi connectivity index (χ0) is 15.4. The Labute approximate surface area is 156 Å². The minimum absolute atomic E-state index is 0.273. The molecule has 1 unspecified atom stereocenters. The van der Waals surface area contributed by atoms with E-state index in [1.54, 1.807) is 11.3 Å². The molecule has 0 bridgehead atoms. The van der Waals surface area contributed by atoms with Crippen LogP contribution in [0, 0.1) is 0 Å². The fraction of sp³-hybridized carbons (Fsp3) is 0.333. The highest BCUT2D eigenvalue weighted by molar-refractivity contribution is 9.13. The highest BCUT2D eigenvalue weighted by Crippen LogP contribution is 2.37. The number of hydrogen-bond acceptors (Lipinski definition) is 2. The summed E-state index contributed by atoms with van der Waals surface area (Å²) in [5.41, 5.74) is 1.18. The topological polar surface area (TPSA) is 12.0 Å². The molecule has 1 aromatic heterocycles. The van der Waals surface area contributed by atoms with Crippen LogP contribution in [-0.4, -0.2) is 6.54 Å². The van der Waals surface area contributed by atoms with Crippen molar-refractivity contribution in [1.29, 1.82) is 0 Å². The lowest BCUT2D eigenvalue weighted by Crippen LogP contribution is -2.23. The highest BCUT2D eigenvalue weighted by atomic mass is 79.9. The number of benzene rings is 1. The van der Waals surface area contributed by atoms with Gasteiger partial charge in [0.1, 0.15) is 0 Å². The van der Waals surface area contributed by atoms with E-state index in [9.17, 15) is 0 Å². The van der Waals surface area contributed by atoms with Gasteiger partial charge in [-0.15, -0.1) is 11.3 Å². The molecule has 1 atom stereocenters. The van der Waals surface area contributed by atoms with E-state index in [0.29, 0.717) is 10.0 Å². The van der Waals surface area contributed by atoms with Crippen LogP contribution >= 0.6 is 66.4 Å². The highest BCUT2D eigenvalue weighted by Gasteiger charge is 2.16. The standard InChI is InChI=1S/C15H15Br2Cl2NS/c1-2-5-20-13(14-8-10(16)15(17)21-14)7-9-3-4-11(18)12(19)6-9/h3-4,6,8,13,20H,2,5,7H2,1H3. The molecule has 0 spiro atoms. The fourth-order valence-corrected chi connectivity index (χ4v) is 4.52. The Bertz CT molecular complexity index is 596. The third kappa shape index (κ3) is 4.95. The molecule has 1 nitrogen and oxygen atoms in total. The van der Waals surface area contributed by atoms with E-state index >= 15 is 0 Å². The van der Waals surface area contributed by atoms with E-state index < -0.39 is 0 Å². The van der Waals surface area contributed by atoms with E-state index in [0.717, 1.165) is 27.6 Å². The Hall–Kier alpha value is 0.420. The van der Waals surface area contributed by atoms with Crippen LogP contribution in [0.5, 0.6) is 0 Å². The molecule has 0 amide bonds. The summed E-state index contributed by atoms with van der Waals surface area (Å²) < 4.78 is 2.22. The Kier molecular flexibility index (Phi) is 7.04. The van der Waals surface area contributed by atoms with Gasteiger partial charge in [0.15, 0.2) is 0 Å². The first-order chi connectivity index (χ1) is 10.0. The summed E-state index contributed by atoms with van der Waals surface area (Å²) in [7, 11) is 0. The molecule has 6 heteroatoms. The quantitative estimate of drug-likeness (QED) is 0.485. The predicted molar refractivity (Wildman–Crippen MR) is 101 cm³/mol. The van der Waals surface area contributed by atoms with Gasteiger partial charge in [0.25, 0.3) is 0 Å². The van der Waals surface area contributed by atoms with Gasteiger partial charge in [0.05, 0.1) is 13.8 Å². The summed E-state index contributed by atoms with van der Waals surface area (Å²) in [5, 5.41) is 4.81. The lowest BCUT2D eigenvalue weighted by atomic mass is 10.0. The monoisotopic (exact) mass is 469 g/mol. The first-order valence-electron chi connectivity index (χ1n) is 6.63. The molecular weight excluding hydrogens is 457 g/mol. The minimum atomic E-state index is 0.273. The van der Waals surface area contributed by atoms with Crippen LogP contribution in [-0.2, 0) is 6.42 Å². The molecule has 0 aliphatic rings. The van der Waals surface area contributed by atoms with E-state index in [1.165, 1.54) is 10.4 Å². The van der Waals surface area contributed by atoms with Crippen molar-refractivity contribution in [1.82, 2.24) is 5.32 Å². The number of halogens is 4. The van der Waals surface area contributed by atoms with Gasteiger partial charge in [-0.2, -0.15) is 0 Å². The van der Waals surface area contributed by atoms with Gasteiger partial charge in [-0.1, -0.05) is 36.2 Å². The molecule has 0 saturated carbocycles. The largest absolute Gasteiger partial charge is 0.309 e. The van der Waals surface area contributed by atoms with Gasteiger partial charge in [-0.05, 0) is 75.0 Å². The number of hydrogen-bond donors (Lipinski definition) is 1. The van der Waals surface area contributed by atoms with Gasteiger partial charge >= 0.3 is 0 Å². The van der Waals surface area contributed by atoms with Gasteiger partial charge in [-0.3, -0.25) is 0 Å². The summed E-state index contributed by atoms with van der Waals surface area (Å²) in [4.78, 5) is 1.30. The summed E-state index contributed by atoms with van der Waals surface area (Å²) >= 11 is 21.0. The van der Waals surface area contributed by atoms with E-state index in [4.69, 9.17) is 23.2 Å². The SMILES string of the molecule is CCCNC(Cc1ccc(Cl)c(Cl)c1)c1cc(Br)c(Br)s1. The van der Waals surface area contributed by atoms with E-state index in [2.05, 4.69) is 50.2 Å². The van der Waals surface area contributed by atoms with Crippen molar-refractivity contribution >= 4 is 66.4 Å². The summed E-state index contributed by atoms with van der Waals surface area (Å²) in [6.45, 7) is 3.16. The predicted octanol–water partition coefficient (Wildman–Crippen LogP) is 6.86. The average molecular weight is 472 g/mol. The van der Waals surface area contributed by atoms with Gasteiger partial charge in [0.2, 0.25) is 0 Å². The minimum Gasteiger partial charge on any atom is -0.309 e. The Morgan fingerprint density at radius 3 is 2.52 bits per heavy atom. The maximum Gasteiger partial charge on any atom is 0.0843 e. The van der Waals surface area contributed by atoms with Crippen LogP contribution in [0.15, 0.2) is 32.5 Å². The van der Waals surface area contributed by atoms with Crippen LogP contribution in [0.4, 0.5) is 0 Å². The Morgan fingerprint density at radius 2 is 1.95 bits per heavy atom. The lowest BCUT2D eigenvalue weighted by Gasteiger charge is -2.17. The van der Waals surface area contributed by atoms with Crippen molar-refractivity contribution in [3.8, 4) is 0 Å². The second-order valence-electron chi connectivity index (χ2n) is 4.73. The van der Waals surface area contributed by atoms with Crippen LogP contribution in [0.2, 0.25) is 10.0 Å². The van der Waals surface area contributed by atoms with Crippen molar-refractivity contribution in [2.24, 2.45) is 0 Å². The molecule has 1 heterocycles. The first-order valence-corrected chi connectivity index (χ1v) is 9.79. The molecule has 0 aliphatic heterocycles. The molecule has 1 aromatic carbocycles. The van der Waals surface area contributed by atoms with Gasteiger partial charge in [-0.25, -0.2) is 0 Å². The molecule has 0 fully saturated rings. The second-order valence-corrected chi connectivity index (χ2v) is 8.80. The van der Waals surface area contributed by atoms with Crippen LogP contribution < -0.4 is 5.32 Å². The summed E-state index contributed by atoms with van der Waals surface area (Å²) in [6, 6.07) is 8.28. The zero-order valence-electron chi connectivity index (χ0n) is 11.4. The molecule has 114 valence electrons. The molecule has 21 heavy (non-hydrogen) atoms. The maximum absolute atomic E-state index is 6.11. The Balaban J connectivity index is 2.21. The normalized spacial score (nSPS) is 12.6. The van der Waals surface area contributed by atoms with Gasteiger partial charge in [0, 0.05) is 15.4 Å². The van der Waals surface area contributed by atoms with Crippen molar-refractivity contribution in [3.05, 3.63) is 53.0 Å². The van der Waals surface area contributed by atoms with Crippen molar-refractivity contribution in [2.45, 2.75) is 25.8 Å². The maximum atomic E-state index is 6.11. The molecular formula is C15H15Br2Cl2NS. The molecule has 0 radical (unpaired) electrons. The second kappa shape index (κ2) is 8.32. The lowest BCUT2D eigenvalue weighted by molar-refractivity contribution is 0.536. The first kappa shape index (κ1) is 17.8. The summed E-state index contributed by atoms with van der Waals surface area (Å²) in [6.07, 6.45) is 1.99. The van der Waals surface area contributed by atoms with Crippen molar-refractivity contribution < 1.29 is 0 Å². The molecule has 0 aliphatic carbocycles. The third-order valence-corrected chi connectivity index (χ3v) is 7.18. The summed E-state index contributed by atoms with van der Waals surface area (Å²) in [5.74, 6) is 0. The fourth-order valence-electron chi connectivity index (χ4n) is 2.03. The van der Waals surface area contributed by atoms with Crippen molar-refractivity contribution in [3.63, 3.8) is 0 Å². The number of nitrogens with one attached hydrogen (secondary N) is 1. The van der Waals surface area contributed by atoms with Crippen LogP contribution in [0.1, 0.15) is 29.8 Å². The van der Waals surface area contributed by atoms with Crippen LogP contribution in [0.3, 0.4) is 0 Å². The van der Waals surface area contributed by atoms with E-state index in [1.807, 2.05) is 18.2 Å². The smallest absolute Gasteiger partial charge is 0.0843 e. The number of rotatable bonds is 6. The third-order valence-electron chi connectivity index (χ3n) is 3.07. The average Bonchev–Trinajstić information content (AvgIpc) is 2.78. The Morgan fingerprint density at radius 1 is 1.19 bits per heavy atom.